The van der Waals surface area contributed by atoms with Gasteiger partial charge in [-0.1, -0.05) is 0 Å². The summed E-state index contributed by atoms with van der Waals surface area (Å²) >= 11 is 0. The van der Waals surface area contributed by atoms with E-state index in [4.69, 9.17) is 4.74 Å². The fourth-order valence-electron chi connectivity index (χ4n) is 2.36. The van der Waals surface area contributed by atoms with Crippen molar-refractivity contribution in [1.82, 2.24) is 5.32 Å². The fraction of sp³-hybridized carbons (Fsp3) is 0.571. The Morgan fingerprint density at radius 1 is 1.33 bits per heavy atom. The summed E-state index contributed by atoms with van der Waals surface area (Å²) < 4.78 is 18.3. The maximum absolute atomic E-state index is 13.3. The summed E-state index contributed by atoms with van der Waals surface area (Å²) in [6.07, 6.45) is 2.46. The Balaban J connectivity index is 2.03. The lowest BCUT2D eigenvalue weighted by atomic mass is 10.1. The van der Waals surface area contributed by atoms with E-state index in [1.54, 1.807) is 19.2 Å². The van der Waals surface area contributed by atoms with Gasteiger partial charge in [0.15, 0.2) is 0 Å². The van der Waals surface area contributed by atoms with Crippen LogP contribution in [0.25, 0.3) is 0 Å². The predicted molar refractivity (Wildman–Crippen MR) is 71.4 cm³/mol. The molecule has 1 saturated heterocycles. The average molecular weight is 252 g/mol. The number of anilines is 1. The Hall–Kier alpha value is -1.13. The van der Waals surface area contributed by atoms with Crippen LogP contribution in [0.15, 0.2) is 18.2 Å². The summed E-state index contributed by atoms with van der Waals surface area (Å²) in [4.78, 5) is 2.34. The maximum atomic E-state index is 13.3. The number of halogens is 1. The van der Waals surface area contributed by atoms with E-state index in [2.05, 4.69) is 10.2 Å². The molecule has 18 heavy (non-hydrogen) atoms. The number of hydrogen-bond donors (Lipinski definition) is 1. The molecule has 3 nitrogen and oxygen atoms in total. The summed E-state index contributed by atoms with van der Waals surface area (Å²) in [5, 5.41) is 3.28. The first kappa shape index (κ1) is 13.3. The van der Waals surface area contributed by atoms with Crippen molar-refractivity contribution in [1.29, 1.82) is 0 Å². The van der Waals surface area contributed by atoms with E-state index in [0.29, 0.717) is 13.2 Å². The summed E-state index contributed by atoms with van der Waals surface area (Å²) in [7, 11) is 1.68. The van der Waals surface area contributed by atoms with Crippen LogP contribution >= 0.6 is 0 Å². The number of hydrogen-bond acceptors (Lipinski definition) is 3. The van der Waals surface area contributed by atoms with Crippen LogP contribution < -0.4 is 10.2 Å². The van der Waals surface area contributed by atoms with Crippen molar-refractivity contribution in [2.24, 2.45) is 0 Å². The molecular formula is C14H21FN2O. The van der Waals surface area contributed by atoms with E-state index in [1.165, 1.54) is 18.5 Å². The highest BCUT2D eigenvalue weighted by atomic mass is 19.1. The van der Waals surface area contributed by atoms with Crippen LogP contribution in [0.3, 0.4) is 0 Å². The van der Waals surface area contributed by atoms with Gasteiger partial charge in [-0.05, 0) is 36.6 Å². The molecule has 1 heterocycles. The van der Waals surface area contributed by atoms with Gasteiger partial charge in [-0.2, -0.15) is 0 Å². The molecule has 0 aromatic heterocycles. The first-order chi connectivity index (χ1) is 8.81. The van der Waals surface area contributed by atoms with Crippen LogP contribution in [0, 0.1) is 5.82 Å². The highest BCUT2D eigenvalue weighted by molar-refractivity contribution is 5.54. The molecule has 1 aliphatic heterocycles. The number of nitrogens with zero attached hydrogens (tertiary/aromatic N) is 1. The SMILES string of the molecule is COCCNCc1cc(F)ccc1N1CCCC1. The lowest BCUT2D eigenvalue weighted by Gasteiger charge is -2.21. The zero-order valence-electron chi connectivity index (χ0n) is 10.9. The van der Waals surface area contributed by atoms with Crippen molar-refractivity contribution in [3.63, 3.8) is 0 Å². The molecule has 1 fully saturated rings. The molecule has 4 heteroatoms. The Kier molecular flexibility index (Phi) is 4.96. The van der Waals surface area contributed by atoms with Gasteiger partial charge in [-0.3, -0.25) is 0 Å². The van der Waals surface area contributed by atoms with Crippen LogP contribution in [-0.2, 0) is 11.3 Å². The molecule has 1 aromatic carbocycles. The second-order valence-corrected chi connectivity index (χ2v) is 4.64. The fourth-order valence-corrected chi connectivity index (χ4v) is 2.36. The molecule has 0 saturated carbocycles. The summed E-state index contributed by atoms with van der Waals surface area (Å²) in [6, 6.07) is 5.08. The third-order valence-corrected chi connectivity index (χ3v) is 3.29. The monoisotopic (exact) mass is 252 g/mol. The number of nitrogens with one attached hydrogen (secondary N) is 1. The highest BCUT2D eigenvalue weighted by Gasteiger charge is 2.15. The smallest absolute Gasteiger partial charge is 0.123 e. The van der Waals surface area contributed by atoms with Gasteiger partial charge in [0.2, 0.25) is 0 Å². The van der Waals surface area contributed by atoms with E-state index in [9.17, 15) is 4.39 Å². The molecule has 0 aliphatic carbocycles. The maximum Gasteiger partial charge on any atom is 0.123 e. The normalized spacial score (nSPS) is 15.3. The molecule has 0 radical (unpaired) electrons. The van der Waals surface area contributed by atoms with Gasteiger partial charge >= 0.3 is 0 Å². The molecule has 1 aromatic rings. The number of rotatable bonds is 6. The first-order valence-electron chi connectivity index (χ1n) is 6.54. The van der Waals surface area contributed by atoms with Crippen molar-refractivity contribution in [3.8, 4) is 0 Å². The van der Waals surface area contributed by atoms with Crippen LogP contribution in [0.2, 0.25) is 0 Å². The Morgan fingerprint density at radius 2 is 2.11 bits per heavy atom. The van der Waals surface area contributed by atoms with Crippen LogP contribution in [0.4, 0.5) is 10.1 Å². The third kappa shape index (κ3) is 3.43. The molecule has 0 bridgehead atoms. The lowest BCUT2D eigenvalue weighted by molar-refractivity contribution is 0.199. The van der Waals surface area contributed by atoms with Gasteiger partial charge in [0.25, 0.3) is 0 Å². The van der Waals surface area contributed by atoms with E-state index < -0.39 is 0 Å². The minimum atomic E-state index is -0.165. The highest BCUT2D eigenvalue weighted by Crippen LogP contribution is 2.25. The van der Waals surface area contributed by atoms with E-state index in [-0.39, 0.29) is 5.82 Å². The van der Waals surface area contributed by atoms with Gasteiger partial charge in [0.1, 0.15) is 5.82 Å². The number of benzene rings is 1. The summed E-state index contributed by atoms with van der Waals surface area (Å²) in [6.45, 7) is 4.31. The van der Waals surface area contributed by atoms with E-state index in [0.717, 1.165) is 25.2 Å². The second-order valence-electron chi connectivity index (χ2n) is 4.64. The molecule has 0 unspecified atom stereocenters. The molecule has 2 rings (SSSR count). The third-order valence-electron chi connectivity index (χ3n) is 3.29. The van der Waals surface area contributed by atoms with Crippen molar-refractivity contribution in [2.45, 2.75) is 19.4 Å². The number of methoxy groups -OCH3 is 1. The summed E-state index contributed by atoms with van der Waals surface area (Å²) in [5.74, 6) is -0.165. The first-order valence-corrected chi connectivity index (χ1v) is 6.54. The predicted octanol–water partition coefficient (Wildman–Crippen LogP) is 2.16. The van der Waals surface area contributed by atoms with Gasteiger partial charge < -0.3 is 15.0 Å². The van der Waals surface area contributed by atoms with Gasteiger partial charge in [0.05, 0.1) is 6.61 Å². The van der Waals surface area contributed by atoms with Gasteiger partial charge in [-0.25, -0.2) is 4.39 Å². The van der Waals surface area contributed by atoms with Crippen LogP contribution in [-0.4, -0.2) is 33.4 Å². The molecule has 0 spiro atoms. The minimum absolute atomic E-state index is 0.165. The Bertz CT molecular complexity index is 378. The second kappa shape index (κ2) is 6.71. The van der Waals surface area contributed by atoms with Crippen molar-refractivity contribution >= 4 is 5.69 Å². The van der Waals surface area contributed by atoms with Crippen molar-refractivity contribution in [2.75, 3.05) is 38.3 Å². The molecule has 0 atom stereocenters. The molecule has 0 amide bonds. The summed E-state index contributed by atoms with van der Waals surface area (Å²) in [5.41, 5.74) is 2.20. The quantitative estimate of drug-likeness (QED) is 0.785. The zero-order valence-corrected chi connectivity index (χ0v) is 10.9. The molecule has 1 aliphatic rings. The number of ether oxygens (including phenoxy) is 1. The van der Waals surface area contributed by atoms with E-state index in [1.807, 2.05) is 6.07 Å². The zero-order chi connectivity index (χ0) is 12.8. The Morgan fingerprint density at radius 3 is 2.83 bits per heavy atom. The average Bonchev–Trinajstić information content (AvgIpc) is 2.88. The lowest BCUT2D eigenvalue weighted by Crippen LogP contribution is -2.23. The minimum Gasteiger partial charge on any atom is -0.383 e. The molecule has 1 N–H and O–H groups in total. The van der Waals surface area contributed by atoms with Crippen molar-refractivity contribution in [3.05, 3.63) is 29.6 Å². The Labute approximate surface area is 108 Å². The molecular weight excluding hydrogens is 231 g/mol. The van der Waals surface area contributed by atoms with E-state index >= 15 is 0 Å². The standard InChI is InChI=1S/C14H21FN2O/c1-18-9-6-16-11-12-10-13(15)4-5-14(12)17-7-2-3-8-17/h4-5,10,16H,2-3,6-9,11H2,1H3. The topological polar surface area (TPSA) is 24.5 Å². The van der Waals surface area contributed by atoms with Gasteiger partial charge in [0, 0.05) is 39.0 Å². The largest absolute Gasteiger partial charge is 0.383 e. The van der Waals surface area contributed by atoms with Crippen molar-refractivity contribution < 1.29 is 9.13 Å². The van der Waals surface area contributed by atoms with Gasteiger partial charge in [-0.15, -0.1) is 0 Å². The van der Waals surface area contributed by atoms with Crippen LogP contribution in [0.5, 0.6) is 0 Å². The molecule has 100 valence electrons. The van der Waals surface area contributed by atoms with Crippen LogP contribution in [0.1, 0.15) is 18.4 Å².